The number of carbonyl (C=O) groups is 1. The molecular formula is C27H29FIN5O2. The summed E-state index contributed by atoms with van der Waals surface area (Å²) < 4.78 is 20.9. The predicted molar refractivity (Wildman–Crippen MR) is 148 cm³/mol. The molecule has 36 heavy (non-hydrogen) atoms. The topological polar surface area (TPSA) is 79.4 Å². The molecule has 1 saturated heterocycles. The van der Waals surface area contributed by atoms with Gasteiger partial charge in [-0.3, -0.25) is 4.79 Å². The minimum absolute atomic E-state index is 0.239. The zero-order valence-electron chi connectivity index (χ0n) is 20.1. The molecule has 0 bridgehead atoms. The first-order valence-electron chi connectivity index (χ1n) is 12.1. The Morgan fingerprint density at radius 3 is 2.94 bits per heavy atom. The summed E-state index contributed by atoms with van der Waals surface area (Å²) in [5, 5.41) is 6.85. The van der Waals surface area contributed by atoms with E-state index in [0.29, 0.717) is 56.6 Å². The molecule has 1 aliphatic heterocycles. The highest BCUT2D eigenvalue weighted by molar-refractivity contribution is 14.1. The molecule has 1 saturated carbocycles. The minimum atomic E-state index is -0.325. The lowest BCUT2D eigenvalue weighted by molar-refractivity contribution is -0.111. The maximum atomic E-state index is 14.0. The fourth-order valence-electron chi connectivity index (χ4n) is 5.48. The van der Waals surface area contributed by atoms with Gasteiger partial charge in [0.15, 0.2) is 0 Å². The smallest absolute Gasteiger partial charge is 0.247 e. The molecule has 2 aromatic carbocycles. The standard InChI is InChI=1S/C27H29FIN5O2/c1-3-26(35)33-24-9-20-23(10-25(24)36-14-17-5-4-16-12-34(2)13-21(16)17)30-15-31-27(20)32-19-6-7-22(28)18(8-19)11-29/h3,6-10,15-17,21H,1,4-5,11-14H2,2H3,(H,33,35)(H,30,31,32). The van der Waals surface area contributed by atoms with Gasteiger partial charge in [-0.25, -0.2) is 14.4 Å². The van der Waals surface area contributed by atoms with Gasteiger partial charge in [0.25, 0.3) is 0 Å². The number of rotatable bonds is 8. The highest BCUT2D eigenvalue weighted by Crippen LogP contribution is 2.42. The highest BCUT2D eigenvalue weighted by atomic mass is 127. The van der Waals surface area contributed by atoms with Crippen molar-refractivity contribution in [2.24, 2.45) is 17.8 Å². The Balaban J connectivity index is 1.44. The van der Waals surface area contributed by atoms with E-state index in [1.165, 1.54) is 24.9 Å². The van der Waals surface area contributed by atoms with Gasteiger partial charge in [-0.2, -0.15) is 0 Å². The number of hydrogen-bond acceptors (Lipinski definition) is 6. The molecule has 2 aliphatic rings. The molecule has 0 spiro atoms. The number of ether oxygens (including phenoxy) is 1. The summed E-state index contributed by atoms with van der Waals surface area (Å²) in [7, 11) is 2.18. The highest BCUT2D eigenvalue weighted by Gasteiger charge is 2.41. The van der Waals surface area contributed by atoms with Gasteiger partial charge in [0.05, 0.1) is 17.8 Å². The van der Waals surface area contributed by atoms with Gasteiger partial charge in [0, 0.05) is 34.7 Å². The molecule has 3 atom stereocenters. The summed E-state index contributed by atoms with van der Waals surface area (Å²) in [5.41, 5.74) is 2.55. The van der Waals surface area contributed by atoms with Crippen molar-refractivity contribution in [2.75, 3.05) is 37.4 Å². The van der Waals surface area contributed by atoms with Crippen molar-refractivity contribution in [3.05, 3.63) is 60.7 Å². The van der Waals surface area contributed by atoms with Crippen molar-refractivity contribution in [1.82, 2.24) is 14.9 Å². The molecule has 7 nitrogen and oxygen atoms in total. The Hall–Kier alpha value is -2.79. The van der Waals surface area contributed by atoms with Gasteiger partial charge in [-0.1, -0.05) is 29.2 Å². The van der Waals surface area contributed by atoms with Gasteiger partial charge < -0.3 is 20.3 Å². The first-order chi connectivity index (χ1) is 17.4. The second kappa shape index (κ2) is 10.7. The van der Waals surface area contributed by atoms with Crippen LogP contribution in [-0.2, 0) is 9.22 Å². The summed E-state index contributed by atoms with van der Waals surface area (Å²) in [6.07, 6.45) is 5.12. The summed E-state index contributed by atoms with van der Waals surface area (Å²) in [5.74, 6) is 2.46. The zero-order valence-corrected chi connectivity index (χ0v) is 22.3. The number of halogens is 2. The van der Waals surface area contributed by atoms with Crippen LogP contribution in [0.3, 0.4) is 0 Å². The van der Waals surface area contributed by atoms with Crippen LogP contribution in [0.1, 0.15) is 18.4 Å². The normalized spacial score (nSPS) is 21.4. The van der Waals surface area contributed by atoms with Crippen LogP contribution in [0.15, 0.2) is 49.3 Å². The molecule has 1 amide bonds. The zero-order chi connectivity index (χ0) is 25.2. The van der Waals surface area contributed by atoms with Crippen LogP contribution in [0.25, 0.3) is 10.9 Å². The maximum Gasteiger partial charge on any atom is 0.247 e. The monoisotopic (exact) mass is 601 g/mol. The third-order valence-electron chi connectivity index (χ3n) is 7.27. The number of nitrogens with one attached hydrogen (secondary N) is 2. The molecule has 2 fully saturated rings. The Morgan fingerprint density at radius 2 is 2.14 bits per heavy atom. The van der Waals surface area contributed by atoms with Gasteiger partial charge in [-0.15, -0.1) is 0 Å². The number of carbonyl (C=O) groups excluding carboxylic acids is 1. The van der Waals surface area contributed by atoms with Crippen molar-refractivity contribution in [2.45, 2.75) is 17.3 Å². The first-order valence-corrected chi connectivity index (χ1v) is 13.6. The van der Waals surface area contributed by atoms with Crippen LogP contribution in [0.5, 0.6) is 5.75 Å². The molecule has 2 heterocycles. The summed E-state index contributed by atoms with van der Waals surface area (Å²) in [6, 6.07) is 8.54. The number of aromatic nitrogens is 2. The number of likely N-dealkylation sites (tertiary alicyclic amines) is 1. The van der Waals surface area contributed by atoms with E-state index in [9.17, 15) is 9.18 Å². The number of amides is 1. The van der Waals surface area contributed by atoms with Crippen molar-refractivity contribution in [1.29, 1.82) is 0 Å². The number of benzene rings is 2. The van der Waals surface area contributed by atoms with Crippen molar-refractivity contribution in [3.63, 3.8) is 0 Å². The Bertz CT molecular complexity index is 1300. The second-order valence-corrected chi connectivity index (χ2v) is 10.4. The Kier molecular flexibility index (Phi) is 7.38. The molecule has 5 rings (SSSR count). The van der Waals surface area contributed by atoms with E-state index < -0.39 is 0 Å². The average Bonchev–Trinajstić information content (AvgIpc) is 3.43. The van der Waals surface area contributed by atoms with Crippen LogP contribution < -0.4 is 15.4 Å². The molecule has 1 aromatic heterocycles. The average molecular weight is 601 g/mol. The number of hydrogen-bond donors (Lipinski definition) is 2. The summed E-state index contributed by atoms with van der Waals surface area (Å²) in [6.45, 7) is 6.45. The third kappa shape index (κ3) is 5.17. The van der Waals surface area contributed by atoms with E-state index in [0.717, 1.165) is 31.1 Å². The lowest BCUT2D eigenvalue weighted by Crippen LogP contribution is -2.23. The van der Waals surface area contributed by atoms with Gasteiger partial charge in [-0.05, 0) is 73.5 Å². The SMILES string of the molecule is C=CC(=O)Nc1cc2c(Nc3ccc(F)c(CI)c3)ncnc2cc1OCC1CCC2CN(C)CC12. The molecular weight excluding hydrogens is 572 g/mol. The molecule has 3 unspecified atom stereocenters. The molecule has 2 N–H and O–H groups in total. The first kappa shape index (κ1) is 24.9. The number of anilines is 3. The molecule has 3 aromatic rings. The van der Waals surface area contributed by atoms with Crippen LogP contribution in [-0.4, -0.2) is 47.5 Å². The quantitative estimate of drug-likeness (QED) is 0.201. The number of fused-ring (bicyclic) bond motifs is 2. The van der Waals surface area contributed by atoms with E-state index in [1.54, 1.807) is 12.1 Å². The molecule has 188 valence electrons. The molecule has 0 radical (unpaired) electrons. The number of nitrogens with zero attached hydrogens (tertiary/aromatic N) is 3. The van der Waals surface area contributed by atoms with Gasteiger partial charge in [0.2, 0.25) is 5.91 Å². The van der Waals surface area contributed by atoms with E-state index in [1.807, 2.05) is 12.1 Å². The van der Waals surface area contributed by atoms with E-state index in [4.69, 9.17) is 4.74 Å². The van der Waals surface area contributed by atoms with Gasteiger partial charge in [0.1, 0.15) is 23.7 Å². The van der Waals surface area contributed by atoms with Crippen LogP contribution >= 0.6 is 22.6 Å². The van der Waals surface area contributed by atoms with E-state index in [-0.39, 0.29) is 11.7 Å². The fourth-order valence-corrected chi connectivity index (χ4v) is 6.07. The van der Waals surface area contributed by atoms with E-state index in [2.05, 4.69) is 61.7 Å². The van der Waals surface area contributed by atoms with Crippen LogP contribution in [0, 0.1) is 23.6 Å². The van der Waals surface area contributed by atoms with Crippen LogP contribution in [0.2, 0.25) is 0 Å². The van der Waals surface area contributed by atoms with Crippen molar-refractivity contribution >= 4 is 56.6 Å². The lowest BCUT2D eigenvalue weighted by atomic mass is 9.93. The third-order valence-corrected chi connectivity index (χ3v) is 8.09. The maximum absolute atomic E-state index is 14.0. The molecule has 9 heteroatoms. The van der Waals surface area contributed by atoms with Crippen molar-refractivity contribution < 1.29 is 13.9 Å². The largest absolute Gasteiger partial charge is 0.491 e. The lowest BCUT2D eigenvalue weighted by Gasteiger charge is -2.21. The van der Waals surface area contributed by atoms with Crippen molar-refractivity contribution in [3.8, 4) is 5.75 Å². The van der Waals surface area contributed by atoms with Gasteiger partial charge >= 0.3 is 0 Å². The number of alkyl halides is 1. The summed E-state index contributed by atoms with van der Waals surface area (Å²) in [4.78, 5) is 23.5. The Labute approximate surface area is 223 Å². The summed E-state index contributed by atoms with van der Waals surface area (Å²) >= 11 is 2.14. The Morgan fingerprint density at radius 1 is 1.28 bits per heavy atom. The molecule has 1 aliphatic carbocycles. The van der Waals surface area contributed by atoms with E-state index >= 15 is 0 Å². The fraction of sp³-hybridized carbons (Fsp3) is 0.370. The minimum Gasteiger partial charge on any atom is -0.491 e. The second-order valence-electron chi connectivity index (χ2n) is 9.64. The van der Waals surface area contributed by atoms with Crippen LogP contribution in [0.4, 0.5) is 21.6 Å². The predicted octanol–water partition coefficient (Wildman–Crippen LogP) is 5.54.